The molecule has 152 valence electrons. The van der Waals surface area contributed by atoms with E-state index in [4.69, 9.17) is 15.2 Å². The molecule has 3 aromatic rings. The third-order valence-electron chi connectivity index (χ3n) is 5.62. The fourth-order valence-corrected chi connectivity index (χ4v) is 4.06. The highest BCUT2D eigenvalue weighted by atomic mass is 16.6. The number of nitrogen functional groups attached to an aromatic ring is 1. The van der Waals surface area contributed by atoms with Crippen LogP contribution in [0, 0.1) is 0 Å². The Morgan fingerprint density at radius 1 is 1.14 bits per heavy atom. The highest BCUT2D eigenvalue weighted by molar-refractivity contribution is 5.81. The van der Waals surface area contributed by atoms with Crippen LogP contribution in [0.15, 0.2) is 36.9 Å². The number of imidazole rings is 1. The lowest BCUT2D eigenvalue weighted by Gasteiger charge is -2.20. The number of aromatic nitrogens is 4. The minimum atomic E-state index is -1.21. The second-order valence-electron chi connectivity index (χ2n) is 7.35. The van der Waals surface area contributed by atoms with Gasteiger partial charge in [-0.05, 0) is 11.1 Å². The largest absolute Gasteiger partial charge is 0.387 e. The van der Waals surface area contributed by atoms with E-state index in [1.54, 1.807) is 0 Å². The molecule has 6 atom stereocenters. The Kier molecular flexibility index (Phi) is 4.45. The number of hydrogen-bond donors (Lipinski definition) is 4. The third-order valence-corrected chi connectivity index (χ3v) is 5.62. The zero-order valence-electron chi connectivity index (χ0n) is 15.4. The van der Waals surface area contributed by atoms with Crippen LogP contribution in [0.5, 0.6) is 0 Å². The minimum Gasteiger partial charge on any atom is -0.387 e. The van der Waals surface area contributed by atoms with Crippen molar-refractivity contribution in [2.24, 2.45) is 0 Å². The Hall–Kier alpha value is -2.63. The Morgan fingerprint density at radius 2 is 1.97 bits per heavy atom. The molecule has 0 amide bonds. The van der Waals surface area contributed by atoms with Gasteiger partial charge in [0.25, 0.3) is 0 Å². The smallest absolute Gasteiger partial charge is 0.167 e. The number of nitrogens with two attached hydrogens (primary N) is 1. The third kappa shape index (κ3) is 2.96. The Bertz CT molecular complexity index is 1040. The average molecular weight is 399 g/mol. The predicted molar refractivity (Wildman–Crippen MR) is 101 cm³/mol. The number of benzene rings is 1. The van der Waals surface area contributed by atoms with E-state index in [0.29, 0.717) is 17.6 Å². The van der Waals surface area contributed by atoms with E-state index in [1.165, 1.54) is 17.2 Å². The molecule has 1 fully saturated rings. The Morgan fingerprint density at radius 3 is 2.79 bits per heavy atom. The molecule has 1 aliphatic heterocycles. The van der Waals surface area contributed by atoms with Gasteiger partial charge in [-0.3, -0.25) is 4.57 Å². The second-order valence-corrected chi connectivity index (χ2v) is 7.35. The van der Waals surface area contributed by atoms with Gasteiger partial charge in [0.15, 0.2) is 17.7 Å². The van der Waals surface area contributed by atoms with Gasteiger partial charge in [-0.25, -0.2) is 15.0 Å². The maximum atomic E-state index is 10.5. The number of hydrogen-bond acceptors (Lipinski definition) is 9. The summed E-state index contributed by atoms with van der Waals surface area (Å²) in [6.45, 7) is 0.0220. The first-order valence-electron chi connectivity index (χ1n) is 9.36. The number of aliphatic hydroxyl groups is 3. The first-order chi connectivity index (χ1) is 14.0. The number of ether oxygens (including phenoxy) is 2. The predicted octanol–water partition coefficient (Wildman–Crippen LogP) is -0.297. The van der Waals surface area contributed by atoms with Crippen molar-refractivity contribution in [3.05, 3.63) is 48.0 Å². The summed E-state index contributed by atoms with van der Waals surface area (Å²) in [7, 11) is 0. The quantitative estimate of drug-likeness (QED) is 0.464. The molecule has 29 heavy (non-hydrogen) atoms. The lowest BCUT2D eigenvalue weighted by molar-refractivity contribution is -0.100. The molecule has 3 heterocycles. The average Bonchev–Trinajstić information content (AvgIpc) is 3.37. The summed E-state index contributed by atoms with van der Waals surface area (Å²) in [5, 5.41) is 31.4. The maximum absolute atomic E-state index is 10.5. The molecular weight excluding hydrogens is 378 g/mol. The molecule has 5 rings (SSSR count). The molecule has 0 unspecified atom stereocenters. The fraction of sp³-hybridized carbons (Fsp3) is 0.421. The van der Waals surface area contributed by atoms with Gasteiger partial charge < -0.3 is 30.5 Å². The van der Waals surface area contributed by atoms with E-state index in [9.17, 15) is 15.3 Å². The van der Waals surface area contributed by atoms with Crippen molar-refractivity contribution < 1.29 is 24.8 Å². The molecule has 1 aliphatic carbocycles. The van der Waals surface area contributed by atoms with Crippen LogP contribution in [0.2, 0.25) is 0 Å². The summed E-state index contributed by atoms with van der Waals surface area (Å²) in [4.78, 5) is 12.2. The fourth-order valence-electron chi connectivity index (χ4n) is 4.06. The first-order valence-corrected chi connectivity index (χ1v) is 9.36. The molecule has 0 bridgehead atoms. The molecule has 10 heteroatoms. The lowest BCUT2D eigenvalue weighted by atomic mass is 10.1. The van der Waals surface area contributed by atoms with Gasteiger partial charge in [-0.2, -0.15) is 0 Å². The summed E-state index contributed by atoms with van der Waals surface area (Å²) >= 11 is 0. The maximum Gasteiger partial charge on any atom is 0.167 e. The summed E-state index contributed by atoms with van der Waals surface area (Å²) < 4.78 is 13.2. The van der Waals surface area contributed by atoms with E-state index in [-0.39, 0.29) is 12.4 Å². The van der Waals surface area contributed by atoms with E-state index >= 15 is 0 Å². The van der Waals surface area contributed by atoms with Gasteiger partial charge in [-0.15, -0.1) is 0 Å². The molecular formula is C19H21N5O5. The standard InChI is InChI=1S/C19H21N5O5/c20-17-13-18(22-7-21-17)24(8-23-13)19-16(27)15(26)12(29-19)6-28-11-5-9-3-1-2-4-10(9)14(11)25/h1-4,7-8,11-12,14-16,19,25-27H,5-6H2,(H2,20,21,22)/t11-,12+,14+,15+,16+,19+/m0/s1. The summed E-state index contributed by atoms with van der Waals surface area (Å²) in [6, 6.07) is 7.63. The molecule has 0 radical (unpaired) electrons. The van der Waals surface area contributed by atoms with Gasteiger partial charge >= 0.3 is 0 Å². The second kappa shape index (κ2) is 7.01. The summed E-state index contributed by atoms with van der Waals surface area (Å²) in [6.07, 6.45) is -1.89. The highest BCUT2D eigenvalue weighted by Crippen LogP contribution is 2.35. The van der Waals surface area contributed by atoms with Crippen LogP contribution in [-0.2, 0) is 15.9 Å². The van der Waals surface area contributed by atoms with E-state index < -0.39 is 36.7 Å². The van der Waals surface area contributed by atoms with Crippen molar-refractivity contribution in [1.29, 1.82) is 0 Å². The van der Waals surface area contributed by atoms with Gasteiger partial charge in [0.1, 0.15) is 36.3 Å². The zero-order valence-corrected chi connectivity index (χ0v) is 15.4. The van der Waals surface area contributed by atoms with Gasteiger partial charge in [-0.1, -0.05) is 24.3 Å². The van der Waals surface area contributed by atoms with Gasteiger partial charge in [0.2, 0.25) is 0 Å². The zero-order chi connectivity index (χ0) is 20.1. The van der Waals surface area contributed by atoms with Crippen molar-refractivity contribution in [1.82, 2.24) is 19.5 Å². The molecule has 5 N–H and O–H groups in total. The molecule has 10 nitrogen and oxygen atoms in total. The van der Waals surface area contributed by atoms with Crippen LogP contribution < -0.4 is 5.73 Å². The van der Waals surface area contributed by atoms with Crippen LogP contribution in [0.25, 0.3) is 11.2 Å². The van der Waals surface area contributed by atoms with Crippen molar-refractivity contribution >= 4 is 17.0 Å². The topological polar surface area (TPSA) is 149 Å². The minimum absolute atomic E-state index is 0.0220. The van der Waals surface area contributed by atoms with E-state index in [0.717, 1.165) is 11.1 Å². The Balaban J connectivity index is 1.30. The molecule has 1 aromatic carbocycles. The van der Waals surface area contributed by atoms with Crippen molar-refractivity contribution in [3.8, 4) is 0 Å². The van der Waals surface area contributed by atoms with Crippen LogP contribution >= 0.6 is 0 Å². The summed E-state index contributed by atoms with van der Waals surface area (Å²) in [5.41, 5.74) is 8.49. The van der Waals surface area contributed by atoms with Crippen molar-refractivity contribution in [2.45, 2.75) is 43.2 Å². The van der Waals surface area contributed by atoms with Crippen LogP contribution in [0.4, 0.5) is 5.82 Å². The molecule has 2 aliphatic rings. The number of anilines is 1. The van der Waals surface area contributed by atoms with Crippen LogP contribution in [0.3, 0.4) is 0 Å². The van der Waals surface area contributed by atoms with Crippen molar-refractivity contribution in [3.63, 3.8) is 0 Å². The highest BCUT2D eigenvalue weighted by Gasteiger charge is 2.45. The Labute approximate surface area is 165 Å². The number of fused-ring (bicyclic) bond motifs is 2. The van der Waals surface area contributed by atoms with Crippen LogP contribution in [-0.4, -0.2) is 65.9 Å². The van der Waals surface area contributed by atoms with Gasteiger partial charge in [0.05, 0.1) is 19.0 Å². The lowest BCUT2D eigenvalue weighted by Crippen LogP contribution is -2.35. The number of nitrogens with zero attached hydrogens (tertiary/aromatic N) is 4. The molecule has 1 saturated heterocycles. The number of aliphatic hydroxyl groups excluding tert-OH is 3. The number of rotatable bonds is 4. The van der Waals surface area contributed by atoms with Crippen LogP contribution in [0.1, 0.15) is 23.5 Å². The first kappa shape index (κ1) is 18.4. The van der Waals surface area contributed by atoms with E-state index in [1.807, 2.05) is 24.3 Å². The monoisotopic (exact) mass is 399 g/mol. The molecule has 2 aromatic heterocycles. The van der Waals surface area contributed by atoms with E-state index in [2.05, 4.69) is 15.0 Å². The van der Waals surface area contributed by atoms with Crippen molar-refractivity contribution in [2.75, 3.05) is 12.3 Å². The summed E-state index contributed by atoms with van der Waals surface area (Å²) in [5.74, 6) is 0.219. The molecule has 0 spiro atoms. The van der Waals surface area contributed by atoms with Gasteiger partial charge in [0, 0.05) is 6.42 Å². The molecule has 0 saturated carbocycles. The SMILES string of the molecule is Nc1ncnc2c1ncn2[C@@H]1O[C@H](CO[C@H]2Cc3ccccc3[C@H]2O)[C@@H](O)[C@H]1O. The normalized spacial score (nSPS) is 31.4.